The summed E-state index contributed by atoms with van der Waals surface area (Å²) in [4.78, 5) is 24.9. The third kappa shape index (κ3) is 6.74. The molecule has 168 valence electrons. The fraction of sp³-hybridized carbons (Fsp3) is 0.440. The Hall–Kier alpha value is -3.02. The molecule has 0 aliphatic carbocycles. The SMILES string of the molecule is CCCCn1c(=O)c(OC(C)=O)c(OCC=C(C)CCC=C(C)C)c2ccc(N)cc21. The van der Waals surface area contributed by atoms with Gasteiger partial charge in [-0.15, -0.1) is 0 Å². The lowest BCUT2D eigenvalue weighted by Gasteiger charge is -2.17. The molecule has 0 amide bonds. The second kappa shape index (κ2) is 11.4. The summed E-state index contributed by atoms with van der Waals surface area (Å²) in [6.45, 7) is 10.3. The molecule has 0 spiro atoms. The standard InChI is InChI=1S/C25H34N2O4/c1-6-7-14-27-22-16-20(26)11-12-21(22)23(24(25(27)29)31-19(5)28)30-15-13-18(4)10-8-9-17(2)3/h9,11-13,16H,6-8,10,14-15,26H2,1-5H3. The molecule has 6 heteroatoms. The number of aromatic nitrogens is 1. The highest BCUT2D eigenvalue weighted by Crippen LogP contribution is 2.34. The summed E-state index contributed by atoms with van der Waals surface area (Å²) in [5.74, 6) is -0.361. The third-order valence-electron chi connectivity index (χ3n) is 4.93. The summed E-state index contributed by atoms with van der Waals surface area (Å²) < 4.78 is 12.9. The fourth-order valence-corrected chi connectivity index (χ4v) is 3.29. The fourth-order valence-electron chi connectivity index (χ4n) is 3.29. The van der Waals surface area contributed by atoms with Crippen LogP contribution in [0.1, 0.15) is 60.3 Å². The van der Waals surface area contributed by atoms with E-state index in [0.717, 1.165) is 25.7 Å². The van der Waals surface area contributed by atoms with Crippen molar-refractivity contribution in [1.29, 1.82) is 0 Å². The Kier molecular flexibility index (Phi) is 8.91. The van der Waals surface area contributed by atoms with Crippen LogP contribution in [0.3, 0.4) is 0 Å². The maximum absolute atomic E-state index is 13.2. The number of anilines is 1. The minimum atomic E-state index is -0.563. The lowest BCUT2D eigenvalue weighted by atomic mass is 10.1. The molecule has 1 aromatic heterocycles. The molecule has 0 unspecified atom stereocenters. The number of nitrogens with two attached hydrogens (primary N) is 1. The average molecular weight is 427 g/mol. The summed E-state index contributed by atoms with van der Waals surface area (Å²) in [6.07, 6.45) is 7.83. The van der Waals surface area contributed by atoms with Crippen LogP contribution in [0.4, 0.5) is 5.69 Å². The van der Waals surface area contributed by atoms with Crippen molar-refractivity contribution in [2.24, 2.45) is 0 Å². The number of carbonyl (C=O) groups is 1. The molecule has 6 nitrogen and oxygen atoms in total. The number of aryl methyl sites for hydroxylation is 1. The van der Waals surface area contributed by atoms with Crippen LogP contribution in [0.25, 0.3) is 10.9 Å². The lowest BCUT2D eigenvalue weighted by molar-refractivity contribution is -0.132. The van der Waals surface area contributed by atoms with Gasteiger partial charge in [-0.05, 0) is 64.3 Å². The van der Waals surface area contributed by atoms with Crippen molar-refractivity contribution in [3.63, 3.8) is 0 Å². The number of nitrogens with zero attached hydrogens (tertiary/aromatic N) is 1. The Balaban J connectivity index is 2.47. The number of hydrogen-bond acceptors (Lipinski definition) is 5. The van der Waals surface area contributed by atoms with Gasteiger partial charge in [-0.25, -0.2) is 0 Å². The first-order valence-electron chi connectivity index (χ1n) is 10.8. The number of hydrogen-bond donors (Lipinski definition) is 1. The van der Waals surface area contributed by atoms with Crippen LogP contribution in [-0.2, 0) is 11.3 Å². The highest BCUT2D eigenvalue weighted by Gasteiger charge is 2.21. The first kappa shape index (κ1) is 24.3. The topological polar surface area (TPSA) is 83.5 Å². The Bertz CT molecular complexity index is 1040. The minimum absolute atomic E-state index is 0.0727. The van der Waals surface area contributed by atoms with Gasteiger partial charge in [-0.2, -0.15) is 0 Å². The van der Waals surface area contributed by atoms with Gasteiger partial charge in [0.15, 0.2) is 5.75 Å². The molecule has 0 saturated carbocycles. The van der Waals surface area contributed by atoms with Gasteiger partial charge >= 0.3 is 5.97 Å². The Morgan fingerprint density at radius 3 is 2.52 bits per heavy atom. The van der Waals surface area contributed by atoms with Crippen molar-refractivity contribution in [2.45, 2.75) is 66.8 Å². The van der Waals surface area contributed by atoms with Gasteiger partial charge in [-0.3, -0.25) is 9.59 Å². The van der Waals surface area contributed by atoms with E-state index in [1.54, 1.807) is 22.8 Å². The van der Waals surface area contributed by atoms with E-state index in [4.69, 9.17) is 15.2 Å². The van der Waals surface area contributed by atoms with E-state index in [-0.39, 0.29) is 23.7 Å². The molecule has 0 fully saturated rings. The highest BCUT2D eigenvalue weighted by molar-refractivity contribution is 5.90. The van der Waals surface area contributed by atoms with Gasteiger partial charge in [0.2, 0.25) is 5.75 Å². The number of fused-ring (bicyclic) bond motifs is 1. The highest BCUT2D eigenvalue weighted by atomic mass is 16.6. The average Bonchev–Trinajstić information content (AvgIpc) is 2.69. The Morgan fingerprint density at radius 1 is 1.13 bits per heavy atom. The molecule has 31 heavy (non-hydrogen) atoms. The normalized spacial score (nSPS) is 11.5. The maximum atomic E-state index is 13.2. The number of unbranched alkanes of at least 4 members (excludes halogenated alkanes) is 1. The van der Waals surface area contributed by atoms with E-state index in [0.29, 0.717) is 23.1 Å². The summed E-state index contributed by atoms with van der Waals surface area (Å²) in [5, 5.41) is 0.691. The van der Waals surface area contributed by atoms with Crippen molar-refractivity contribution in [2.75, 3.05) is 12.3 Å². The number of allylic oxidation sites excluding steroid dienone is 3. The smallest absolute Gasteiger partial charge is 0.308 e. The van der Waals surface area contributed by atoms with E-state index < -0.39 is 5.97 Å². The molecule has 2 aromatic rings. The monoisotopic (exact) mass is 426 g/mol. The van der Waals surface area contributed by atoms with Crippen molar-refractivity contribution < 1.29 is 14.3 Å². The molecule has 0 bridgehead atoms. The second-order valence-corrected chi connectivity index (χ2v) is 8.02. The van der Waals surface area contributed by atoms with Crippen LogP contribution in [-0.4, -0.2) is 17.1 Å². The van der Waals surface area contributed by atoms with Gasteiger partial charge in [-0.1, -0.05) is 30.6 Å². The number of pyridine rings is 1. The zero-order valence-electron chi connectivity index (χ0n) is 19.3. The Morgan fingerprint density at radius 2 is 1.87 bits per heavy atom. The summed E-state index contributed by atoms with van der Waals surface area (Å²) in [6, 6.07) is 5.32. The van der Waals surface area contributed by atoms with Gasteiger partial charge < -0.3 is 19.8 Å². The number of carbonyl (C=O) groups excluding carboxylic acids is 1. The first-order chi connectivity index (χ1) is 14.7. The summed E-state index contributed by atoms with van der Waals surface area (Å²) >= 11 is 0. The third-order valence-corrected chi connectivity index (χ3v) is 4.93. The predicted molar refractivity (Wildman–Crippen MR) is 127 cm³/mol. The van der Waals surface area contributed by atoms with Crippen LogP contribution in [0, 0.1) is 0 Å². The molecule has 0 saturated heterocycles. The molecule has 0 atom stereocenters. The summed E-state index contributed by atoms with van der Waals surface area (Å²) in [7, 11) is 0. The second-order valence-electron chi connectivity index (χ2n) is 8.02. The molecule has 2 rings (SSSR count). The van der Waals surface area contributed by atoms with Crippen LogP contribution < -0.4 is 20.8 Å². The van der Waals surface area contributed by atoms with Crippen LogP contribution >= 0.6 is 0 Å². The number of rotatable bonds is 10. The van der Waals surface area contributed by atoms with Crippen molar-refractivity contribution >= 4 is 22.6 Å². The van der Waals surface area contributed by atoms with Crippen LogP contribution in [0.15, 0.2) is 46.3 Å². The number of ether oxygens (including phenoxy) is 2. The van der Waals surface area contributed by atoms with Crippen molar-refractivity contribution in [1.82, 2.24) is 4.57 Å². The molecule has 0 aliphatic rings. The van der Waals surface area contributed by atoms with E-state index in [2.05, 4.69) is 33.8 Å². The largest absolute Gasteiger partial charge is 0.485 e. The van der Waals surface area contributed by atoms with Gasteiger partial charge in [0.05, 0.1) is 5.52 Å². The quantitative estimate of drug-likeness (QED) is 0.313. The molecule has 2 N–H and O–H groups in total. The minimum Gasteiger partial charge on any atom is -0.485 e. The van der Waals surface area contributed by atoms with Crippen molar-refractivity contribution in [3.05, 3.63) is 51.9 Å². The Labute approximate surface area is 184 Å². The number of benzene rings is 1. The van der Waals surface area contributed by atoms with Crippen LogP contribution in [0.5, 0.6) is 11.5 Å². The first-order valence-corrected chi connectivity index (χ1v) is 10.8. The molecular weight excluding hydrogens is 392 g/mol. The summed E-state index contributed by atoms with van der Waals surface area (Å²) in [5.41, 5.74) is 9.32. The van der Waals surface area contributed by atoms with E-state index in [9.17, 15) is 9.59 Å². The lowest BCUT2D eigenvalue weighted by Crippen LogP contribution is -2.25. The molecule has 1 aromatic carbocycles. The predicted octanol–water partition coefficient (Wildman–Crippen LogP) is 5.38. The number of esters is 1. The van der Waals surface area contributed by atoms with Gasteiger partial charge in [0, 0.05) is 24.5 Å². The van der Waals surface area contributed by atoms with Gasteiger partial charge in [0.25, 0.3) is 5.56 Å². The van der Waals surface area contributed by atoms with Gasteiger partial charge in [0.1, 0.15) is 6.61 Å². The van der Waals surface area contributed by atoms with E-state index in [1.807, 2.05) is 6.08 Å². The molecule has 0 aliphatic heterocycles. The van der Waals surface area contributed by atoms with Crippen molar-refractivity contribution in [3.8, 4) is 11.5 Å². The molecule has 1 heterocycles. The zero-order chi connectivity index (χ0) is 23.0. The van der Waals surface area contributed by atoms with E-state index >= 15 is 0 Å². The molecular formula is C25H34N2O4. The maximum Gasteiger partial charge on any atom is 0.308 e. The zero-order valence-corrected chi connectivity index (χ0v) is 19.3. The number of nitrogen functional groups attached to an aromatic ring is 1. The van der Waals surface area contributed by atoms with Crippen LogP contribution in [0.2, 0.25) is 0 Å². The molecule has 0 radical (unpaired) electrons. The van der Waals surface area contributed by atoms with E-state index in [1.165, 1.54) is 18.1 Å².